The van der Waals surface area contributed by atoms with Crippen LogP contribution in [0.4, 0.5) is 22.7 Å². The number of halogens is 1. The van der Waals surface area contributed by atoms with Crippen molar-refractivity contribution in [1.29, 1.82) is 0 Å². The molecule has 2 heterocycles. The molecule has 0 aliphatic carbocycles. The fourth-order valence-electron chi connectivity index (χ4n) is 4.04. The van der Waals surface area contributed by atoms with E-state index < -0.39 is 0 Å². The third kappa shape index (κ3) is 3.47. The number of amides is 1. The molecule has 31 heavy (non-hydrogen) atoms. The fourth-order valence-corrected chi connectivity index (χ4v) is 4.20. The molecule has 1 aliphatic heterocycles. The molecule has 1 unspecified atom stereocenters. The van der Waals surface area contributed by atoms with E-state index in [1.54, 1.807) is 29.3 Å². The average molecular weight is 430 g/mol. The zero-order chi connectivity index (χ0) is 21.5. The van der Waals surface area contributed by atoms with Crippen molar-refractivity contribution < 1.29 is 9.90 Å². The maximum Gasteiger partial charge on any atom is 0.236 e. The summed E-state index contributed by atoms with van der Waals surface area (Å²) in [7, 11) is 0. The topological polar surface area (TPSA) is 56.7 Å². The summed E-state index contributed by atoms with van der Waals surface area (Å²) in [6.07, 6.45) is 1.76. The molecule has 1 amide bonds. The Hall–Kier alpha value is -3.57. The minimum atomic E-state index is -0.274. The number of carbonyl (C=O) groups is 1. The Morgan fingerprint density at radius 1 is 0.968 bits per heavy atom. The van der Waals surface area contributed by atoms with Crippen LogP contribution < -0.4 is 9.80 Å². The number of nitrogens with zero attached hydrogens (tertiary/aromatic N) is 3. The first kappa shape index (κ1) is 19.4. The molecule has 154 valence electrons. The molecule has 5 nitrogen and oxygen atoms in total. The summed E-state index contributed by atoms with van der Waals surface area (Å²) in [5.41, 5.74) is 4.14. The highest BCUT2D eigenvalue weighted by atomic mass is 35.5. The smallest absolute Gasteiger partial charge is 0.236 e. The molecule has 0 spiro atoms. The fraction of sp³-hybridized carbons (Fsp3) is 0.120. The van der Waals surface area contributed by atoms with Gasteiger partial charge in [-0.25, -0.2) is 0 Å². The lowest BCUT2D eigenvalue weighted by atomic mass is 10.1. The van der Waals surface area contributed by atoms with Crippen molar-refractivity contribution in [1.82, 2.24) is 4.98 Å². The zero-order valence-electron chi connectivity index (χ0n) is 16.9. The van der Waals surface area contributed by atoms with Crippen molar-refractivity contribution in [2.45, 2.75) is 6.92 Å². The van der Waals surface area contributed by atoms with Crippen LogP contribution in [-0.2, 0) is 4.79 Å². The van der Waals surface area contributed by atoms with Gasteiger partial charge >= 0.3 is 0 Å². The lowest BCUT2D eigenvalue weighted by Gasteiger charge is -2.27. The van der Waals surface area contributed by atoms with E-state index in [1.165, 1.54) is 0 Å². The number of hydrogen-bond donors (Lipinski definition) is 1. The molecule has 5 rings (SSSR count). The third-order valence-corrected chi connectivity index (χ3v) is 5.81. The van der Waals surface area contributed by atoms with Gasteiger partial charge in [0.15, 0.2) is 0 Å². The summed E-state index contributed by atoms with van der Waals surface area (Å²) in [6.45, 7) is 2.42. The molecule has 6 heteroatoms. The number of pyridine rings is 1. The number of aromatic nitrogens is 1. The van der Waals surface area contributed by atoms with Gasteiger partial charge in [-0.1, -0.05) is 24.6 Å². The van der Waals surface area contributed by atoms with Crippen molar-refractivity contribution in [2.75, 3.05) is 16.3 Å². The number of fused-ring (bicyclic) bond motifs is 2. The summed E-state index contributed by atoms with van der Waals surface area (Å²) in [5.74, 6) is -0.0712. The molecule has 1 atom stereocenters. The van der Waals surface area contributed by atoms with Crippen LogP contribution in [0.3, 0.4) is 0 Å². The van der Waals surface area contributed by atoms with Gasteiger partial charge in [-0.05, 0) is 66.7 Å². The molecule has 0 radical (unpaired) electrons. The van der Waals surface area contributed by atoms with Crippen molar-refractivity contribution in [3.63, 3.8) is 0 Å². The first-order valence-corrected chi connectivity index (χ1v) is 10.4. The summed E-state index contributed by atoms with van der Waals surface area (Å²) < 4.78 is 0. The van der Waals surface area contributed by atoms with E-state index >= 15 is 0 Å². The SMILES string of the molecule is CC1CN(c2ccc(O)cc2)c2cc(Cl)ccc2N(c2ccc3ncccc3c2)C1=O. The largest absolute Gasteiger partial charge is 0.508 e. The van der Waals surface area contributed by atoms with Crippen LogP contribution in [-0.4, -0.2) is 22.5 Å². The van der Waals surface area contributed by atoms with E-state index in [0.29, 0.717) is 11.6 Å². The minimum absolute atomic E-state index is 0.00749. The van der Waals surface area contributed by atoms with Gasteiger partial charge in [-0.3, -0.25) is 14.7 Å². The van der Waals surface area contributed by atoms with Crippen LogP contribution in [0.2, 0.25) is 5.02 Å². The van der Waals surface area contributed by atoms with Crippen molar-refractivity contribution in [3.05, 3.63) is 84.0 Å². The predicted molar refractivity (Wildman–Crippen MR) is 125 cm³/mol. The van der Waals surface area contributed by atoms with Crippen LogP contribution in [0, 0.1) is 5.92 Å². The number of hydrogen-bond acceptors (Lipinski definition) is 4. The lowest BCUT2D eigenvalue weighted by Crippen LogP contribution is -2.32. The standard InChI is InChI=1S/C25H20ClN3O2/c1-16-15-28(19-5-8-21(30)9-6-19)24-14-18(26)4-11-23(24)29(25(16)31)20-7-10-22-17(13-20)3-2-12-27-22/h2-14,16,30H,15H2,1H3. The molecule has 1 aromatic heterocycles. The number of anilines is 4. The Balaban J connectivity index is 1.71. The second kappa shape index (κ2) is 7.60. The maximum absolute atomic E-state index is 13.6. The van der Waals surface area contributed by atoms with Gasteiger partial charge in [0.05, 0.1) is 22.8 Å². The minimum Gasteiger partial charge on any atom is -0.508 e. The second-order valence-electron chi connectivity index (χ2n) is 7.72. The van der Waals surface area contributed by atoms with Crippen molar-refractivity contribution in [3.8, 4) is 5.75 Å². The molecular weight excluding hydrogens is 410 g/mol. The molecular formula is C25H20ClN3O2. The Kier molecular flexibility index (Phi) is 4.75. The summed E-state index contributed by atoms with van der Waals surface area (Å²) in [5, 5.41) is 11.3. The highest BCUT2D eigenvalue weighted by molar-refractivity contribution is 6.31. The van der Waals surface area contributed by atoms with Gasteiger partial charge in [0, 0.05) is 34.5 Å². The highest BCUT2D eigenvalue weighted by Gasteiger charge is 2.33. The number of aromatic hydroxyl groups is 1. The molecule has 3 aromatic carbocycles. The quantitative estimate of drug-likeness (QED) is 0.421. The molecule has 1 N–H and O–H groups in total. The normalized spacial score (nSPS) is 16.3. The summed E-state index contributed by atoms with van der Waals surface area (Å²) in [4.78, 5) is 21.8. The van der Waals surface area contributed by atoms with Gasteiger partial charge in [-0.2, -0.15) is 0 Å². The predicted octanol–water partition coefficient (Wildman–Crippen LogP) is 6.05. The number of phenols is 1. The third-order valence-electron chi connectivity index (χ3n) is 5.57. The Morgan fingerprint density at radius 2 is 1.74 bits per heavy atom. The van der Waals surface area contributed by atoms with Crippen LogP contribution in [0.5, 0.6) is 5.75 Å². The van der Waals surface area contributed by atoms with Crippen molar-refractivity contribution in [2.24, 2.45) is 5.92 Å². The first-order valence-electron chi connectivity index (χ1n) is 10.1. The molecule has 0 saturated carbocycles. The van der Waals surface area contributed by atoms with Gasteiger partial charge < -0.3 is 10.0 Å². The van der Waals surface area contributed by atoms with Crippen LogP contribution >= 0.6 is 11.6 Å². The molecule has 1 aliphatic rings. The molecule has 0 fully saturated rings. The van der Waals surface area contributed by atoms with E-state index in [1.807, 2.05) is 61.5 Å². The van der Waals surface area contributed by atoms with Gasteiger partial charge in [0.25, 0.3) is 0 Å². The van der Waals surface area contributed by atoms with E-state index in [9.17, 15) is 9.90 Å². The summed E-state index contributed by atoms with van der Waals surface area (Å²) in [6, 6.07) is 22.3. The number of phenolic OH excluding ortho intramolecular Hbond substituents is 1. The van der Waals surface area contributed by atoms with Gasteiger partial charge in [0.1, 0.15) is 5.75 Å². The van der Waals surface area contributed by atoms with E-state index in [2.05, 4.69) is 9.88 Å². The Morgan fingerprint density at radius 3 is 2.55 bits per heavy atom. The number of benzene rings is 3. The van der Waals surface area contributed by atoms with Crippen molar-refractivity contribution >= 4 is 51.2 Å². The van der Waals surface area contributed by atoms with Crippen LogP contribution in [0.1, 0.15) is 6.92 Å². The number of rotatable bonds is 2. The second-order valence-corrected chi connectivity index (χ2v) is 8.15. The van der Waals surface area contributed by atoms with Crippen LogP contribution in [0.25, 0.3) is 10.9 Å². The Labute approximate surface area is 185 Å². The van der Waals surface area contributed by atoms with E-state index in [4.69, 9.17) is 11.6 Å². The Bertz CT molecular complexity index is 1290. The molecule has 0 bridgehead atoms. The maximum atomic E-state index is 13.6. The molecule has 0 saturated heterocycles. The molecule has 4 aromatic rings. The average Bonchev–Trinajstić information content (AvgIpc) is 2.88. The van der Waals surface area contributed by atoms with Crippen LogP contribution in [0.15, 0.2) is 79.0 Å². The number of carbonyl (C=O) groups excluding carboxylic acids is 1. The van der Waals surface area contributed by atoms with E-state index in [-0.39, 0.29) is 17.6 Å². The van der Waals surface area contributed by atoms with E-state index in [0.717, 1.165) is 33.7 Å². The lowest BCUT2D eigenvalue weighted by molar-refractivity contribution is -0.120. The highest BCUT2D eigenvalue weighted by Crippen LogP contribution is 2.43. The zero-order valence-corrected chi connectivity index (χ0v) is 17.6. The van der Waals surface area contributed by atoms with Gasteiger partial charge in [0.2, 0.25) is 5.91 Å². The monoisotopic (exact) mass is 429 g/mol. The summed E-state index contributed by atoms with van der Waals surface area (Å²) >= 11 is 6.37. The first-order chi connectivity index (χ1) is 15.0. The van der Waals surface area contributed by atoms with Gasteiger partial charge in [-0.15, -0.1) is 0 Å².